The van der Waals surface area contributed by atoms with Crippen LogP contribution in [0.5, 0.6) is 5.75 Å². The summed E-state index contributed by atoms with van der Waals surface area (Å²) in [6.07, 6.45) is 3.84. The fraction of sp³-hybridized carbons (Fsp3) is 0.389. The highest BCUT2D eigenvalue weighted by Crippen LogP contribution is 2.24. The fourth-order valence-electron chi connectivity index (χ4n) is 2.84. The first-order valence-electron chi connectivity index (χ1n) is 8.12. The molecular formula is C18H23N5O. The van der Waals surface area contributed by atoms with Crippen molar-refractivity contribution in [2.75, 3.05) is 7.11 Å². The van der Waals surface area contributed by atoms with Gasteiger partial charge < -0.3 is 9.30 Å². The molecule has 0 radical (unpaired) electrons. The Morgan fingerprint density at radius 3 is 2.38 bits per heavy atom. The van der Waals surface area contributed by atoms with Crippen LogP contribution in [0.2, 0.25) is 0 Å². The zero-order chi connectivity index (χ0) is 17.3. The Morgan fingerprint density at radius 2 is 1.75 bits per heavy atom. The van der Waals surface area contributed by atoms with E-state index in [-0.39, 0.29) is 6.04 Å². The number of imidazole rings is 1. The maximum absolute atomic E-state index is 5.23. The van der Waals surface area contributed by atoms with Crippen molar-refractivity contribution in [1.29, 1.82) is 0 Å². The smallest absolute Gasteiger partial charge is 0.155 e. The summed E-state index contributed by atoms with van der Waals surface area (Å²) in [5, 5.41) is 4.57. The van der Waals surface area contributed by atoms with Crippen molar-refractivity contribution in [2.45, 2.75) is 39.7 Å². The summed E-state index contributed by atoms with van der Waals surface area (Å²) in [7, 11) is 1.66. The molecule has 2 aromatic heterocycles. The maximum atomic E-state index is 5.23. The summed E-state index contributed by atoms with van der Waals surface area (Å²) in [5.74, 6) is 3.85. The van der Waals surface area contributed by atoms with Gasteiger partial charge in [0.2, 0.25) is 0 Å². The normalized spacial score (nSPS) is 12.6. The number of nitrogens with zero attached hydrogens (tertiary/aromatic N) is 5. The van der Waals surface area contributed by atoms with Gasteiger partial charge in [0.1, 0.15) is 17.4 Å². The predicted octanol–water partition coefficient (Wildman–Crippen LogP) is 3.51. The van der Waals surface area contributed by atoms with Gasteiger partial charge in [0, 0.05) is 18.3 Å². The van der Waals surface area contributed by atoms with Gasteiger partial charge in [0.25, 0.3) is 0 Å². The number of benzene rings is 1. The molecule has 0 saturated carbocycles. The van der Waals surface area contributed by atoms with Gasteiger partial charge in [-0.05, 0) is 38.1 Å². The quantitative estimate of drug-likeness (QED) is 0.720. The summed E-state index contributed by atoms with van der Waals surface area (Å²) >= 11 is 0. The lowest BCUT2D eigenvalue weighted by Gasteiger charge is -2.18. The van der Waals surface area contributed by atoms with Crippen molar-refractivity contribution in [3.05, 3.63) is 54.1 Å². The molecule has 2 heterocycles. The molecule has 6 nitrogen and oxygen atoms in total. The zero-order valence-corrected chi connectivity index (χ0v) is 14.8. The van der Waals surface area contributed by atoms with Crippen molar-refractivity contribution in [3.8, 4) is 11.4 Å². The molecule has 6 heteroatoms. The van der Waals surface area contributed by atoms with Gasteiger partial charge in [-0.1, -0.05) is 13.8 Å². The Kier molecular flexibility index (Phi) is 4.38. The number of methoxy groups -OCH3 is 1. The second-order valence-electron chi connectivity index (χ2n) is 6.15. The highest BCUT2D eigenvalue weighted by molar-refractivity contribution is 5.37. The van der Waals surface area contributed by atoms with Gasteiger partial charge in [0.05, 0.1) is 18.8 Å². The van der Waals surface area contributed by atoms with E-state index in [1.54, 1.807) is 7.11 Å². The van der Waals surface area contributed by atoms with E-state index < -0.39 is 0 Å². The molecule has 0 N–H and O–H groups in total. The first-order valence-corrected chi connectivity index (χ1v) is 8.12. The van der Waals surface area contributed by atoms with Crippen molar-refractivity contribution >= 4 is 0 Å². The second-order valence-corrected chi connectivity index (χ2v) is 6.15. The third kappa shape index (κ3) is 2.91. The van der Waals surface area contributed by atoms with Crippen LogP contribution in [0, 0.1) is 6.92 Å². The average Bonchev–Trinajstić information content (AvgIpc) is 3.21. The van der Waals surface area contributed by atoms with Gasteiger partial charge in [-0.2, -0.15) is 5.10 Å². The molecule has 3 aromatic rings. The molecule has 3 rings (SSSR count). The van der Waals surface area contributed by atoms with Gasteiger partial charge in [-0.15, -0.1) is 0 Å². The molecule has 0 saturated heterocycles. The minimum absolute atomic E-state index is 0.0354. The Bertz CT molecular complexity index is 816. The van der Waals surface area contributed by atoms with Crippen LogP contribution >= 0.6 is 0 Å². The van der Waals surface area contributed by atoms with Gasteiger partial charge in [0.15, 0.2) is 5.82 Å². The third-order valence-electron chi connectivity index (χ3n) is 4.06. The Morgan fingerprint density at radius 1 is 1.04 bits per heavy atom. The van der Waals surface area contributed by atoms with E-state index in [2.05, 4.69) is 40.4 Å². The van der Waals surface area contributed by atoms with Crippen LogP contribution in [0.15, 0.2) is 36.7 Å². The highest BCUT2D eigenvalue weighted by atomic mass is 16.5. The molecule has 126 valence electrons. The van der Waals surface area contributed by atoms with Crippen LogP contribution in [-0.2, 0) is 0 Å². The first-order chi connectivity index (χ1) is 11.5. The summed E-state index contributed by atoms with van der Waals surface area (Å²) < 4.78 is 9.28. The lowest BCUT2D eigenvalue weighted by atomic mass is 10.2. The molecular weight excluding hydrogens is 302 g/mol. The topological polar surface area (TPSA) is 57.8 Å². The summed E-state index contributed by atoms with van der Waals surface area (Å²) in [4.78, 5) is 9.14. The highest BCUT2D eigenvalue weighted by Gasteiger charge is 2.21. The lowest BCUT2D eigenvalue weighted by Crippen LogP contribution is -2.16. The molecule has 0 amide bonds. The van der Waals surface area contributed by atoms with Crippen molar-refractivity contribution < 1.29 is 4.74 Å². The average molecular weight is 325 g/mol. The molecule has 1 unspecified atom stereocenters. The maximum Gasteiger partial charge on any atom is 0.155 e. The minimum Gasteiger partial charge on any atom is -0.497 e. The molecule has 0 aliphatic carbocycles. The largest absolute Gasteiger partial charge is 0.497 e. The van der Waals surface area contributed by atoms with Crippen LogP contribution in [0.25, 0.3) is 5.69 Å². The number of aryl methyl sites for hydroxylation is 1. The zero-order valence-electron chi connectivity index (χ0n) is 14.8. The van der Waals surface area contributed by atoms with E-state index in [9.17, 15) is 0 Å². The van der Waals surface area contributed by atoms with Crippen molar-refractivity contribution in [3.63, 3.8) is 0 Å². The SMILES string of the molecule is COc1ccc(-n2nc(C)nc2C(C)n2ccnc2C(C)C)cc1. The fourth-order valence-corrected chi connectivity index (χ4v) is 2.84. The molecule has 24 heavy (non-hydrogen) atoms. The molecule has 0 spiro atoms. The van der Waals surface area contributed by atoms with Crippen LogP contribution in [0.3, 0.4) is 0 Å². The van der Waals surface area contributed by atoms with Gasteiger partial charge >= 0.3 is 0 Å². The predicted molar refractivity (Wildman–Crippen MR) is 92.8 cm³/mol. The van der Waals surface area contributed by atoms with Crippen LogP contribution in [0.1, 0.15) is 50.2 Å². The number of aromatic nitrogens is 5. The molecule has 0 aliphatic rings. The van der Waals surface area contributed by atoms with Crippen molar-refractivity contribution in [1.82, 2.24) is 24.3 Å². The summed E-state index contributed by atoms with van der Waals surface area (Å²) in [5.41, 5.74) is 0.962. The molecule has 1 atom stereocenters. The second kappa shape index (κ2) is 6.47. The van der Waals surface area contributed by atoms with E-state index in [0.29, 0.717) is 5.92 Å². The van der Waals surface area contributed by atoms with Crippen molar-refractivity contribution in [2.24, 2.45) is 0 Å². The third-order valence-corrected chi connectivity index (χ3v) is 4.06. The standard InChI is InChI=1S/C18H23N5O/c1-12(2)17-19-10-11-22(17)13(3)18-20-14(4)21-23(18)15-6-8-16(24-5)9-7-15/h6-13H,1-5H3. The Balaban J connectivity index is 2.03. The number of ether oxygens (including phenoxy) is 1. The Hall–Kier alpha value is -2.63. The van der Waals surface area contributed by atoms with E-state index in [1.165, 1.54) is 0 Å². The van der Waals surface area contributed by atoms with E-state index in [0.717, 1.165) is 28.9 Å². The molecule has 0 bridgehead atoms. The van der Waals surface area contributed by atoms with Crippen LogP contribution < -0.4 is 4.74 Å². The number of rotatable bonds is 5. The van der Waals surface area contributed by atoms with Crippen LogP contribution in [0.4, 0.5) is 0 Å². The lowest BCUT2D eigenvalue weighted by molar-refractivity contribution is 0.414. The first kappa shape index (κ1) is 16.2. The van der Waals surface area contributed by atoms with E-state index in [1.807, 2.05) is 48.3 Å². The summed E-state index contributed by atoms with van der Waals surface area (Å²) in [6, 6.07) is 7.86. The minimum atomic E-state index is 0.0354. The number of hydrogen-bond acceptors (Lipinski definition) is 4. The van der Waals surface area contributed by atoms with E-state index >= 15 is 0 Å². The molecule has 0 fully saturated rings. The van der Waals surface area contributed by atoms with E-state index in [4.69, 9.17) is 4.74 Å². The molecule has 0 aliphatic heterocycles. The number of hydrogen-bond donors (Lipinski definition) is 0. The monoisotopic (exact) mass is 325 g/mol. The van der Waals surface area contributed by atoms with Gasteiger partial charge in [-0.25, -0.2) is 14.6 Å². The Labute approximate surface area is 142 Å². The van der Waals surface area contributed by atoms with Gasteiger partial charge in [-0.3, -0.25) is 0 Å². The summed E-state index contributed by atoms with van der Waals surface area (Å²) in [6.45, 7) is 8.32. The van der Waals surface area contributed by atoms with Crippen LogP contribution in [-0.4, -0.2) is 31.4 Å². The molecule has 1 aromatic carbocycles.